The van der Waals surface area contributed by atoms with E-state index in [-0.39, 0.29) is 11.4 Å². The molecule has 0 unspecified atom stereocenters. The van der Waals surface area contributed by atoms with E-state index < -0.39 is 0 Å². The topological polar surface area (TPSA) is 64.2 Å². The Labute approximate surface area is 172 Å². The van der Waals surface area contributed by atoms with Crippen molar-refractivity contribution in [3.05, 3.63) is 41.7 Å². The lowest BCUT2D eigenvalue weighted by Gasteiger charge is -2.23. The number of hydrogen-bond donors (Lipinski definition) is 2. The molecular formula is C21H32N5OS+. The van der Waals surface area contributed by atoms with Gasteiger partial charge in [-0.3, -0.25) is 9.36 Å². The van der Waals surface area contributed by atoms with Gasteiger partial charge in [0.2, 0.25) is 5.91 Å². The zero-order chi connectivity index (χ0) is 20.0. The summed E-state index contributed by atoms with van der Waals surface area (Å²) in [6.45, 7) is 10.0. The quantitative estimate of drug-likeness (QED) is 0.695. The van der Waals surface area contributed by atoms with E-state index in [0.717, 1.165) is 24.1 Å². The van der Waals surface area contributed by atoms with Crippen molar-refractivity contribution in [2.75, 3.05) is 18.8 Å². The second-order valence-electron chi connectivity index (χ2n) is 8.54. The van der Waals surface area contributed by atoms with Crippen LogP contribution in [0.3, 0.4) is 0 Å². The number of aromatic nitrogens is 3. The highest BCUT2D eigenvalue weighted by Gasteiger charge is 2.21. The minimum absolute atomic E-state index is 0.0231. The van der Waals surface area contributed by atoms with Gasteiger partial charge in [0, 0.05) is 5.54 Å². The molecule has 1 aliphatic heterocycles. The van der Waals surface area contributed by atoms with Crippen molar-refractivity contribution in [1.29, 1.82) is 0 Å². The number of hydrogen-bond acceptors (Lipinski definition) is 4. The Morgan fingerprint density at radius 2 is 1.86 bits per heavy atom. The maximum absolute atomic E-state index is 12.2. The van der Waals surface area contributed by atoms with Crippen molar-refractivity contribution in [3.8, 4) is 0 Å². The number of nitrogens with zero attached hydrogens (tertiary/aromatic N) is 3. The standard InChI is InChI=1S/C21H31N5OS/c1-21(2,3)22-19(27)16-28-20-24-23-18(15-25-12-8-5-9-13-25)26(20)14-17-10-6-4-7-11-17/h4,6-7,10-11H,5,8-9,12-16H2,1-3H3,(H,22,27)/p+1. The number of nitrogens with one attached hydrogen (secondary N) is 2. The van der Waals surface area contributed by atoms with E-state index in [9.17, 15) is 4.79 Å². The molecule has 0 saturated carbocycles. The van der Waals surface area contributed by atoms with Crippen molar-refractivity contribution in [3.63, 3.8) is 0 Å². The van der Waals surface area contributed by atoms with Gasteiger partial charge in [-0.05, 0) is 45.6 Å². The average molecular weight is 403 g/mol. The molecular weight excluding hydrogens is 370 g/mol. The fourth-order valence-corrected chi connectivity index (χ4v) is 4.27. The van der Waals surface area contributed by atoms with Crippen LogP contribution in [0.5, 0.6) is 0 Å². The Kier molecular flexibility index (Phi) is 7.13. The summed E-state index contributed by atoms with van der Waals surface area (Å²) in [7, 11) is 0. The van der Waals surface area contributed by atoms with Gasteiger partial charge in [-0.25, -0.2) is 0 Å². The molecule has 0 atom stereocenters. The third-order valence-electron chi connectivity index (χ3n) is 4.79. The molecule has 0 bridgehead atoms. The van der Waals surface area contributed by atoms with E-state index in [1.807, 2.05) is 26.8 Å². The molecule has 152 valence electrons. The minimum atomic E-state index is -0.224. The summed E-state index contributed by atoms with van der Waals surface area (Å²) in [6.07, 6.45) is 3.91. The molecule has 1 amide bonds. The lowest BCUT2D eigenvalue weighted by atomic mass is 10.1. The number of carbonyl (C=O) groups excluding carboxylic acids is 1. The Morgan fingerprint density at radius 1 is 1.14 bits per heavy atom. The summed E-state index contributed by atoms with van der Waals surface area (Å²) in [6, 6.07) is 10.4. The van der Waals surface area contributed by atoms with Crippen LogP contribution in [0.4, 0.5) is 0 Å². The van der Waals surface area contributed by atoms with Crippen LogP contribution in [0.2, 0.25) is 0 Å². The second-order valence-corrected chi connectivity index (χ2v) is 9.49. The Morgan fingerprint density at radius 3 is 2.54 bits per heavy atom. The van der Waals surface area contributed by atoms with Crippen molar-refractivity contribution in [2.45, 2.75) is 63.8 Å². The molecule has 0 radical (unpaired) electrons. The summed E-state index contributed by atoms with van der Waals surface area (Å²) in [5.74, 6) is 1.38. The monoisotopic (exact) mass is 402 g/mol. The fraction of sp³-hybridized carbons (Fsp3) is 0.571. The van der Waals surface area contributed by atoms with Gasteiger partial charge in [0.1, 0.15) is 6.54 Å². The molecule has 1 aromatic carbocycles. The first-order valence-corrected chi connectivity index (χ1v) is 11.1. The van der Waals surface area contributed by atoms with E-state index in [2.05, 4.69) is 44.3 Å². The van der Waals surface area contributed by atoms with Gasteiger partial charge in [0.15, 0.2) is 11.0 Å². The van der Waals surface area contributed by atoms with E-state index in [1.165, 1.54) is 49.7 Å². The molecule has 1 aromatic heterocycles. The largest absolute Gasteiger partial charge is 0.351 e. The van der Waals surface area contributed by atoms with Gasteiger partial charge >= 0.3 is 0 Å². The van der Waals surface area contributed by atoms with Crippen LogP contribution in [0.1, 0.15) is 51.4 Å². The highest BCUT2D eigenvalue weighted by Crippen LogP contribution is 2.19. The Hall–Kier alpha value is -1.86. The third-order valence-corrected chi connectivity index (χ3v) is 5.76. The molecule has 0 aliphatic carbocycles. The smallest absolute Gasteiger partial charge is 0.230 e. The van der Waals surface area contributed by atoms with Crippen molar-refractivity contribution >= 4 is 17.7 Å². The molecule has 28 heavy (non-hydrogen) atoms. The second kappa shape index (κ2) is 9.56. The molecule has 6 nitrogen and oxygen atoms in total. The van der Waals surface area contributed by atoms with E-state index in [1.54, 1.807) is 4.90 Å². The van der Waals surface area contributed by atoms with Gasteiger partial charge < -0.3 is 10.2 Å². The first-order valence-electron chi connectivity index (χ1n) is 10.1. The number of thioether (sulfide) groups is 1. The number of quaternary nitrogens is 1. The zero-order valence-corrected chi connectivity index (χ0v) is 18.0. The number of rotatable bonds is 7. The van der Waals surface area contributed by atoms with Crippen molar-refractivity contribution in [2.24, 2.45) is 0 Å². The zero-order valence-electron chi connectivity index (χ0n) is 17.2. The Balaban J connectivity index is 1.73. The van der Waals surface area contributed by atoms with Crippen molar-refractivity contribution in [1.82, 2.24) is 20.1 Å². The number of amides is 1. The summed E-state index contributed by atoms with van der Waals surface area (Å²) in [5, 5.41) is 12.8. The van der Waals surface area contributed by atoms with Crippen molar-refractivity contribution < 1.29 is 9.69 Å². The predicted molar refractivity (Wildman–Crippen MR) is 112 cm³/mol. The van der Waals surface area contributed by atoms with Crippen LogP contribution in [0.25, 0.3) is 0 Å². The van der Waals surface area contributed by atoms with E-state index >= 15 is 0 Å². The van der Waals surface area contributed by atoms with Crippen LogP contribution in [-0.2, 0) is 17.9 Å². The van der Waals surface area contributed by atoms with Crippen LogP contribution >= 0.6 is 11.8 Å². The highest BCUT2D eigenvalue weighted by molar-refractivity contribution is 7.99. The molecule has 1 fully saturated rings. The third kappa shape index (κ3) is 6.34. The van der Waals surface area contributed by atoms with Crippen LogP contribution in [0.15, 0.2) is 35.5 Å². The van der Waals surface area contributed by atoms with Gasteiger partial charge in [0.05, 0.1) is 25.4 Å². The molecule has 7 heteroatoms. The van der Waals surface area contributed by atoms with E-state index in [4.69, 9.17) is 0 Å². The van der Waals surface area contributed by atoms with Crippen LogP contribution in [-0.4, -0.2) is 45.1 Å². The molecule has 2 N–H and O–H groups in total. The number of benzene rings is 1. The van der Waals surface area contributed by atoms with Crippen LogP contribution < -0.4 is 10.2 Å². The summed E-state index contributed by atoms with van der Waals surface area (Å²) in [5.41, 5.74) is 0.996. The predicted octanol–water partition coefficient (Wildman–Crippen LogP) is 1.90. The van der Waals surface area contributed by atoms with Crippen LogP contribution in [0, 0.1) is 0 Å². The summed E-state index contributed by atoms with van der Waals surface area (Å²) in [4.78, 5) is 13.8. The average Bonchev–Trinajstić information content (AvgIpc) is 3.02. The first kappa shape index (κ1) is 20.9. The molecule has 1 saturated heterocycles. The molecule has 1 aliphatic rings. The molecule has 0 spiro atoms. The number of piperidine rings is 1. The van der Waals surface area contributed by atoms with Gasteiger partial charge in [-0.2, -0.15) is 0 Å². The maximum Gasteiger partial charge on any atom is 0.230 e. The van der Waals surface area contributed by atoms with E-state index in [0.29, 0.717) is 5.75 Å². The lowest BCUT2D eigenvalue weighted by Crippen LogP contribution is -3.11. The fourth-order valence-electron chi connectivity index (χ4n) is 3.52. The SMILES string of the molecule is CC(C)(C)NC(=O)CSc1nnc(C[NH+]2CCCCC2)n1Cc1ccccc1. The van der Waals surface area contributed by atoms with Gasteiger partial charge in [-0.1, -0.05) is 42.1 Å². The molecule has 2 aromatic rings. The molecule has 3 rings (SSSR count). The highest BCUT2D eigenvalue weighted by atomic mass is 32.2. The van der Waals surface area contributed by atoms with Gasteiger partial charge in [-0.15, -0.1) is 10.2 Å². The Bertz CT molecular complexity index is 763. The lowest BCUT2D eigenvalue weighted by molar-refractivity contribution is -0.919. The first-order chi connectivity index (χ1) is 13.4. The minimum Gasteiger partial charge on any atom is -0.351 e. The molecule has 2 heterocycles. The maximum atomic E-state index is 12.2. The summed E-state index contributed by atoms with van der Waals surface area (Å²) < 4.78 is 2.19. The number of carbonyl (C=O) groups is 1. The normalized spacial score (nSPS) is 15.5. The summed E-state index contributed by atoms with van der Waals surface area (Å²) >= 11 is 1.47. The van der Waals surface area contributed by atoms with Gasteiger partial charge in [0.25, 0.3) is 0 Å². The number of likely N-dealkylation sites (tertiary alicyclic amines) is 1.